The lowest BCUT2D eigenvalue weighted by atomic mass is 10.2. The van der Waals surface area contributed by atoms with E-state index in [1.54, 1.807) is 6.20 Å². The molecule has 0 spiro atoms. The molecule has 0 radical (unpaired) electrons. The van der Waals surface area contributed by atoms with Gasteiger partial charge < -0.3 is 9.53 Å². The number of benzene rings is 1. The Morgan fingerprint density at radius 3 is 3.29 bits per heavy atom. The normalized spacial score (nSPS) is 10.3. The third-order valence-corrected chi connectivity index (χ3v) is 1.94. The summed E-state index contributed by atoms with van der Waals surface area (Å²) in [7, 11) is 0. The number of nitrogens with zero attached hydrogens (tertiary/aromatic N) is 1. The Morgan fingerprint density at radius 2 is 2.43 bits per heavy atom. The highest BCUT2D eigenvalue weighted by molar-refractivity contribution is 5.84. The van der Waals surface area contributed by atoms with Crippen LogP contribution in [-0.2, 0) is 4.79 Å². The zero-order valence-corrected chi connectivity index (χ0v) is 7.56. The summed E-state index contributed by atoms with van der Waals surface area (Å²) in [6.07, 6.45) is 2.97. The van der Waals surface area contributed by atoms with E-state index < -0.39 is 0 Å². The fourth-order valence-electron chi connectivity index (χ4n) is 1.28. The lowest BCUT2D eigenvalue weighted by molar-refractivity contribution is -0.108. The highest BCUT2D eigenvalue weighted by atomic mass is 16.5. The number of aromatic amines is 1. The van der Waals surface area contributed by atoms with Crippen LogP contribution < -0.4 is 4.74 Å². The maximum Gasteiger partial charge on any atom is 0.130 e. The van der Waals surface area contributed by atoms with Gasteiger partial charge in [0.2, 0.25) is 0 Å². The Bertz CT molecular complexity index is 436. The minimum Gasteiger partial charge on any atom is -0.492 e. The molecule has 2 rings (SSSR count). The van der Waals surface area contributed by atoms with E-state index in [1.165, 1.54) is 0 Å². The van der Waals surface area contributed by atoms with Gasteiger partial charge in [0.1, 0.15) is 12.0 Å². The topological polar surface area (TPSA) is 55.0 Å². The molecule has 0 fully saturated rings. The maximum absolute atomic E-state index is 10.1. The highest BCUT2D eigenvalue weighted by Crippen LogP contribution is 2.23. The van der Waals surface area contributed by atoms with Crippen LogP contribution >= 0.6 is 0 Å². The molecule has 0 aliphatic carbocycles. The molecule has 0 amide bonds. The van der Waals surface area contributed by atoms with Gasteiger partial charge in [-0.15, -0.1) is 0 Å². The first-order chi connectivity index (χ1) is 6.92. The van der Waals surface area contributed by atoms with Crippen LogP contribution in [0.3, 0.4) is 0 Å². The van der Waals surface area contributed by atoms with E-state index in [0.717, 1.165) is 22.9 Å². The van der Waals surface area contributed by atoms with E-state index >= 15 is 0 Å². The first-order valence-corrected chi connectivity index (χ1v) is 4.40. The van der Waals surface area contributed by atoms with Crippen molar-refractivity contribution < 1.29 is 9.53 Å². The number of rotatable bonds is 4. The quantitative estimate of drug-likeness (QED) is 0.587. The number of fused-ring (bicyclic) bond motifs is 1. The Hall–Kier alpha value is -1.84. The third kappa shape index (κ3) is 1.59. The summed E-state index contributed by atoms with van der Waals surface area (Å²) in [5.41, 5.74) is 0.939. The third-order valence-electron chi connectivity index (χ3n) is 1.94. The summed E-state index contributed by atoms with van der Waals surface area (Å²) in [4.78, 5) is 10.1. The molecular weight excluding hydrogens is 180 g/mol. The molecule has 0 bridgehead atoms. The molecule has 2 aromatic rings. The largest absolute Gasteiger partial charge is 0.492 e. The van der Waals surface area contributed by atoms with Gasteiger partial charge in [-0.25, -0.2) is 0 Å². The molecule has 0 unspecified atom stereocenters. The van der Waals surface area contributed by atoms with E-state index in [0.29, 0.717) is 13.0 Å². The van der Waals surface area contributed by atoms with Gasteiger partial charge in [-0.1, -0.05) is 6.07 Å². The Labute approximate surface area is 80.9 Å². The molecule has 1 aromatic heterocycles. The Kier molecular flexibility index (Phi) is 2.44. The number of hydrogen-bond donors (Lipinski definition) is 1. The van der Waals surface area contributed by atoms with Gasteiger partial charge in [-0.05, 0) is 12.1 Å². The van der Waals surface area contributed by atoms with Crippen LogP contribution in [-0.4, -0.2) is 23.1 Å². The molecule has 4 nitrogen and oxygen atoms in total. The Balaban J connectivity index is 2.23. The van der Waals surface area contributed by atoms with E-state index in [2.05, 4.69) is 10.2 Å². The van der Waals surface area contributed by atoms with Crippen LogP contribution in [0.4, 0.5) is 0 Å². The predicted molar refractivity (Wildman–Crippen MR) is 52.3 cm³/mol. The number of aldehydes is 1. The minimum absolute atomic E-state index is 0.411. The number of nitrogens with one attached hydrogen (secondary N) is 1. The summed E-state index contributed by atoms with van der Waals surface area (Å²) < 4.78 is 5.43. The molecule has 14 heavy (non-hydrogen) atoms. The van der Waals surface area contributed by atoms with E-state index in [9.17, 15) is 4.79 Å². The predicted octanol–water partition coefficient (Wildman–Crippen LogP) is 1.53. The smallest absolute Gasteiger partial charge is 0.130 e. The number of hydrogen-bond acceptors (Lipinski definition) is 3. The number of carbonyl (C=O) groups is 1. The molecule has 0 aliphatic heterocycles. The van der Waals surface area contributed by atoms with Crippen molar-refractivity contribution >= 4 is 17.2 Å². The van der Waals surface area contributed by atoms with Crippen molar-refractivity contribution in [2.24, 2.45) is 0 Å². The Morgan fingerprint density at radius 1 is 1.50 bits per heavy atom. The second-order valence-corrected chi connectivity index (χ2v) is 2.89. The summed E-state index contributed by atoms with van der Waals surface area (Å²) in [5.74, 6) is 0.762. The first kappa shape index (κ1) is 8.74. The lowest BCUT2D eigenvalue weighted by Crippen LogP contribution is -1.97. The van der Waals surface area contributed by atoms with Gasteiger partial charge in [0, 0.05) is 6.42 Å². The molecule has 1 heterocycles. The molecule has 1 N–H and O–H groups in total. The van der Waals surface area contributed by atoms with Crippen LogP contribution in [0.1, 0.15) is 6.42 Å². The fourth-order valence-corrected chi connectivity index (χ4v) is 1.28. The van der Waals surface area contributed by atoms with Crippen LogP contribution in [0, 0.1) is 0 Å². The first-order valence-electron chi connectivity index (χ1n) is 4.40. The van der Waals surface area contributed by atoms with Gasteiger partial charge >= 0.3 is 0 Å². The zero-order valence-electron chi connectivity index (χ0n) is 7.56. The van der Waals surface area contributed by atoms with Crippen molar-refractivity contribution in [2.45, 2.75) is 6.42 Å². The fraction of sp³-hybridized carbons (Fsp3) is 0.200. The van der Waals surface area contributed by atoms with Crippen molar-refractivity contribution in [1.29, 1.82) is 0 Å². The highest BCUT2D eigenvalue weighted by Gasteiger charge is 2.02. The van der Waals surface area contributed by atoms with Crippen molar-refractivity contribution in [3.8, 4) is 5.75 Å². The monoisotopic (exact) mass is 190 g/mol. The molecule has 4 heteroatoms. The van der Waals surface area contributed by atoms with E-state index in [-0.39, 0.29) is 0 Å². The second kappa shape index (κ2) is 3.91. The van der Waals surface area contributed by atoms with Crippen molar-refractivity contribution in [2.75, 3.05) is 6.61 Å². The summed E-state index contributed by atoms with van der Waals surface area (Å²) in [5, 5.41) is 7.71. The lowest BCUT2D eigenvalue weighted by Gasteiger charge is -2.03. The average molecular weight is 190 g/mol. The molecule has 72 valence electrons. The molecule has 0 atom stereocenters. The second-order valence-electron chi connectivity index (χ2n) is 2.89. The molecule has 0 saturated carbocycles. The van der Waals surface area contributed by atoms with Crippen molar-refractivity contribution in [3.63, 3.8) is 0 Å². The number of H-pyrrole nitrogens is 1. The average Bonchev–Trinajstić information content (AvgIpc) is 2.67. The number of ether oxygens (including phenoxy) is 1. The van der Waals surface area contributed by atoms with Gasteiger partial charge in [0.05, 0.1) is 23.7 Å². The minimum atomic E-state index is 0.411. The summed E-state index contributed by atoms with van der Waals surface area (Å²) >= 11 is 0. The van der Waals surface area contributed by atoms with E-state index in [1.807, 2.05) is 18.2 Å². The summed E-state index contributed by atoms with van der Waals surface area (Å²) in [6, 6.07) is 5.67. The molecular formula is C10H10N2O2. The van der Waals surface area contributed by atoms with Crippen LogP contribution in [0.2, 0.25) is 0 Å². The SMILES string of the molecule is O=CCCOc1cccc2[nH]ncc12. The van der Waals surface area contributed by atoms with Crippen LogP contribution in [0.25, 0.3) is 10.9 Å². The molecule has 1 aromatic carbocycles. The number of carbonyl (C=O) groups excluding carboxylic acids is 1. The van der Waals surface area contributed by atoms with Gasteiger partial charge in [-0.2, -0.15) is 5.10 Å². The maximum atomic E-state index is 10.1. The zero-order chi connectivity index (χ0) is 9.80. The number of aromatic nitrogens is 2. The van der Waals surface area contributed by atoms with Gasteiger partial charge in [0.15, 0.2) is 0 Å². The van der Waals surface area contributed by atoms with Gasteiger partial charge in [-0.3, -0.25) is 5.10 Å². The van der Waals surface area contributed by atoms with E-state index in [4.69, 9.17) is 4.74 Å². The van der Waals surface area contributed by atoms with Gasteiger partial charge in [0.25, 0.3) is 0 Å². The molecule has 0 saturated heterocycles. The van der Waals surface area contributed by atoms with Crippen molar-refractivity contribution in [3.05, 3.63) is 24.4 Å². The van der Waals surface area contributed by atoms with Crippen LogP contribution in [0.15, 0.2) is 24.4 Å². The standard InChI is InChI=1S/C10H10N2O2/c13-5-2-6-14-10-4-1-3-9-8(10)7-11-12-9/h1,3-5,7H,2,6H2,(H,11,12). The molecule has 0 aliphatic rings. The van der Waals surface area contributed by atoms with Crippen LogP contribution in [0.5, 0.6) is 5.75 Å². The van der Waals surface area contributed by atoms with Crippen molar-refractivity contribution in [1.82, 2.24) is 10.2 Å². The summed E-state index contributed by atoms with van der Waals surface area (Å²) in [6.45, 7) is 0.411.